The zero-order chi connectivity index (χ0) is 31.7. The number of anilines is 1. The lowest BCUT2D eigenvalue weighted by Gasteiger charge is -2.33. The van der Waals surface area contributed by atoms with E-state index in [1.807, 2.05) is 55.6 Å². The van der Waals surface area contributed by atoms with Gasteiger partial charge in [-0.15, -0.1) is 11.8 Å². The van der Waals surface area contributed by atoms with Gasteiger partial charge < -0.3 is 15.0 Å². The predicted octanol–water partition coefficient (Wildman–Crippen LogP) is 5.31. The average molecular weight is 632 g/mol. The minimum Gasteiger partial charge on any atom is -0.497 e. The molecular weight excluding hydrogens is 595 g/mol. The number of nitrogens with one attached hydrogen (secondary N) is 1. The van der Waals surface area contributed by atoms with E-state index in [1.165, 1.54) is 23.7 Å². The predicted molar refractivity (Wildman–Crippen MR) is 175 cm³/mol. The standard InChI is InChI=1S/C34H37N3O5S2/c1-25-13-15-28(16-14-25)37(44(40,41)31-19-17-30(43-4)18-20-31)24-33(38)36(23-27-11-8-12-29(21-27)42-3)32(34(39)35-2)22-26-9-6-5-7-10-26/h5-21,32H,22-24H2,1-4H3,(H,35,39). The van der Waals surface area contributed by atoms with Gasteiger partial charge in [-0.3, -0.25) is 13.9 Å². The van der Waals surface area contributed by atoms with Gasteiger partial charge in [0.2, 0.25) is 11.8 Å². The van der Waals surface area contributed by atoms with Crippen molar-refractivity contribution in [3.8, 4) is 5.75 Å². The Balaban J connectivity index is 1.79. The fourth-order valence-corrected chi connectivity index (χ4v) is 6.63. The second kappa shape index (κ2) is 14.9. The first-order chi connectivity index (χ1) is 21.2. The molecule has 0 heterocycles. The molecule has 0 spiro atoms. The molecule has 0 aliphatic carbocycles. The molecule has 1 unspecified atom stereocenters. The third-order valence-corrected chi connectivity index (χ3v) is 9.78. The minimum absolute atomic E-state index is 0.0607. The van der Waals surface area contributed by atoms with Crippen LogP contribution in [0.5, 0.6) is 5.75 Å². The van der Waals surface area contributed by atoms with Gasteiger partial charge in [0, 0.05) is 24.9 Å². The first kappa shape index (κ1) is 32.6. The van der Waals surface area contributed by atoms with E-state index in [9.17, 15) is 18.0 Å². The van der Waals surface area contributed by atoms with Crippen LogP contribution >= 0.6 is 11.8 Å². The topological polar surface area (TPSA) is 96.0 Å². The molecule has 2 amide bonds. The molecule has 0 aliphatic rings. The summed E-state index contributed by atoms with van der Waals surface area (Å²) >= 11 is 1.51. The van der Waals surface area contributed by atoms with Crippen LogP contribution in [-0.4, -0.2) is 58.1 Å². The van der Waals surface area contributed by atoms with Crippen molar-refractivity contribution in [1.82, 2.24) is 10.2 Å². The Labute approximate surface area is 264 Å². The zero-order valence-electron chi connectivity index (χ0n) is 25.3. The van der Waals surface area contributed by atoms with Crippen molar-refractivity contribution in [3.05, 3.63) is 120 Å². The van der Waals surface area contributed by atoms with Crippen molar-refractivity contribution >= 4 is 39.3 Å². The van der Waals surface area contributed by atoms with Gasteiger partial charge in [0.1, 0.15) is 18.3 Å². The molecule has 4 aromatic rings. The smallest absolute Gasteiger partial charge is 0.264 e. The lowest BCUT2D eigenvalue weighted by Crippen LogP contribution is -2.53. The average Bonchev–Trinajstić information content (AvgIpc) is 3.05. The molecule has 0 fully saturated rings. The van der Waals surface area contributed by atoms with Gasteiger partial charge in [-0.25, -0.2) is 8.42 Å². The van der Waals surface area contributed by atoms with Crippen molar-refractivity contribution in [1.29, 1.82) is 0 Å². The molecule has 1 atom stereocenters. The number of ether oxygens (including phenoxy) is 1. The van der Waals surface area contributed by atoms with Crippen LogP contribution in [0.1, 0.15) is 16.7 Å². The summed E-state index contributed by atoms with van der Waals surface area (Å²) in [6.45, 7) is 1.45. The Bertz CT molecular complexity index is 1660. The molecular formula is C34H37N3O5S2. The van der Waals surface area contributed by atoms with Crippen LogP contribution in [0.25, 0.3) is 0 Å². The highest BCUT2D eigenvalue weighted by Gasteiger charge is 2.34. The lowest BCUT2D eigenvalue weighted by molar-refractivity contribution is -0.139. The molecule has 1 N–H and O–H groups in total. The third-order valence-electron chi connectivity index (χ3n) is 7.25. The van der Waals surface area contributed by atoms with Gasteiger partial charge in [0.05, 0.1) is 17.7 Å². The fraction of sp³-hybridized carbons (Fsp3) is 0.235. The Kier molecular flexibility index (Phi) is 11.1. The Morgan fingerprint density at radius 1 is 0.886 bits per heavy atom. The van der Waals surface area contributed by atoms with Crippen LogP contribution in [0.15, 0.2) is 113 Å². The van der Waals surface area contributed by atoms with E-state index in [0.29, 0.717) is 11.4 Å². The number of carbonyl (C=O) groups excluding carboxylic acids is 2. The van der Waals surface area contributed by atoms with Crippen LogP contribution in [0.4, 0.5) is 5.69 Å². The number of hydrogen-bond donors (Lipinski definition) is 1. The Morgan fingerprint density at radius 2 is 1.55 bits per heavy atom. The highest BCUT2D eigenvalue weighted by Crippen LogP contribution is 2.27. The number of likely N-dealkylation sites (N-methyl/N-ethyl adjacent to an activating group) is 1. The normalized spacial score (nSPS) is 11.8. The molecule has 4 rings (SSSR count). The number of rotatable bonds is 13. The van der Waals surface area contributed by atoms with Crippen molar-refractivity contribution in [2.75, 3.05) is 31.3 Å². The summed E-state index contributed by atoms with van der Waals surface area (Å²) in [6, 6.07) is 29.3. The highest BCUT2D eigenvalue weighted by atomic mass is 32.2. The second-order valence-electron chi connectivity index (χ2n) is 10.2. The molecule has 0 aliphatic heterocycles. The second-order valence-corrected chi connectivity index (χ2v) is 13.0. The molecule has 4 aromatic carbocycles. The van der Waals surface area contributed by atoms with E-state index in [0.717, 1.165) is 25.9 Å². The van der Waals surface area contributed by atoms with Gasteiger partial charge in [0.25, 0.3) is 10.0 Å². The van der Waals surface area contributed by atoms with E-state index < -0.39 is 28.5 Å². The number of sulfonamides is 1. The van der Waals surface area contributed by atoms with E-state index in [4.69, 9.17) is 4.74 Å². The van der Waals surface area contributed by atoms with Crippen molar-refractivity contribution in [2.45, 2.75) is 35.7 Å². The molecule has 0 saturated carbocycles. The number of nitrogens with zero attached hydrogens (tertiary/aromatic N) is 2. The van der Waals surface area contributed by atoms with Crippen LogP contribution in [0.3, 0.4) is 0 Å². The van der Waals surface area contributed by atoms with Gasteiger partial charge in [0.15, 0.2) is 0 Å². The number of thioether (sulfide) groups is 1. The van der Waals surface area contributed by atoms with Gasteiger partial charge in [-0.05, 0) is 72.8 Å². The molecule has 0 bridgehead atoms. The number of hydrogen-bond acceptors (Lipinski definition) is 6. The SMILES string of the molecule is CNC(=O)C(Cc1ccccc1)N(Cc1cccc(OC)c1)C(=O)CN(c1ccc(C)cc1)S(=O)(=O)c1ccc(SC)cc1. The summed E-state index contributed by atoms with van der Waals surface area (Å²) in [4.78, 5) is 30.2. The molecule has 10 heteroatoms. The summed E-state index contributed by atoms with van der Waals surface area (Å²) in [5.41, 5.74) is 2.89. The van der Waals surface area contributed by atoms with Crippen LogP contribution in [0, 0.1) is 6.92 Å². The van der Waals surface area contributed by atoms with E-state index in [2.05, 4.69) is 5.32 Å². The maximum atomic E-state index is 14.4. The summed E-state index contributed by atoms with van der Waals surface area (Å²) in [6.07, 6.45) is 2.15. The third kappa shape index (κ3) is 8.00. The molecule has 230 valence electrons. The summed E-state index contributed by atoms with van der Waals surface area (Å²) in [5, 5.41) is 2.70. The van der Waals surface area contributed by atoms with E-state index in [-0.39, 0.29) is 23.8 Å². The quantitative estimate of drug-likeness (QED) is 0.201. The van der Waals surface area contributed by atoms with Crippen molar-refractivity contribution < 1.29 is 22.7 Å². The van der Waals surface area contributed by atoms with Crippen LogP contribution < -0.4 is 14.4 Å². The van der Waals surface area contributed by atoms with Gasteiger partial charge in [-0.1, -0.05) is 60.2 Å². The van der Waals surface area contributed by atoms with Gasteiger partial charge in [-0.2, -0.15) is 0 Å². The first-order valence-electron chi connectivity index (χ1n) is 14.1. The molecule has 8 nitrogen and oxygen atoms in total. The molecule has 0 aromatic heterocycles. The number of methoxy groups -OCH3 is 1. The number of amides is 2. The Morgan fingerprint density at radius 3 is 2.16 bits per heavy atom. The molecule has 0 radical (unpaired) electrons. The van der Waals surface area contributed by atoms with Crippen molar-refractivity contribution in [2.24, 2.45) is 0 Å². The fourth-order valence-electron chi connectivity index (χ4n) is 4.80. The number of aryl methyl sites for hydroxylation is 1. The zero-order valence-corrected chi connectivity index (χ0v) is 26.9. The maximum Gasteiger partial charge on any atom is 0.264 e. The summed E-state index contributed by atoms with van der Waals surface area (Å²) < 4.78 is 34.7. The Hall–Kier alpha value is -4.28. The van der Waals surface area contributed by atoms with Crippen LogP contribution in [0.2, 0.25) is 0 Å². The summed E-state index contributed by atoms with van der Waals surface area (Å²) in [7, 11) is -1.08. The first-order valence-corrected chi connectivity index (χ1v) is 16.7. The lowest BCUT2D eigenvalue weighted by atomic mass is 10.0. The largest absolute Gasteiger partial charge is 0.497 e. The van der Waals surface area contributed by atoms with E-state index in [1.54, 1.807) is 67.8 Å². The summed E-state index contributed by atoms with van der Waals surface area (Å²) in [5.74, 6) is -0.281. The molecule has 44 heavy (non-hydrogen) atoms. The number of benzene rings is 4. The number of carbonyl (C=O) groups is 2. The van der Waals surface area contributed by atoms with Crippen LogP contribution in [-0.2, 0) is 32.6 Å². The monoisotopic (exact) mass is 631 g/mol. The highest BCUT2D eigenvalue weighted by molar-refractivity contribution is 7.98. The van der Waals surface area contributed by atoms with Gasteiger partial charge >= 0.3 is 0 Å². The van der Waals surface area contributed by atoms with Crippen molar-refractivity contribution in [3.63, 3.8) is 0 Å². The maximum absolute atomic E-state index is 14.4. The van der Waals surface area contributed by atoms with E-state index >= 15 is 0 Å². The molecule has 0 saturated heterocycles. The minimum atomic E-state index is -4.16.